The van der Waals surface area contributed by atoms with Crippen LogP contribution in [0.25, 0.3) is 144 Å². The first kappa shape index (κ1) is 46.7. The van der Waals surface area contributed by atoms with E-state index in [0.717, 1.165) is 5.69 Å². The van der Waals surface area contributed by atoms with E-state index in [2.05, 4.69) is 325 Å². The monoisotopic (exact) mass is 1020 g/mol. The summed E-state index contributed by atoms with van der Waals surface area (Å²) in [7, 11) is 0. The minimum atomic E-state index is 1.13. The zero-order valence-electron chi connectivity index (χ0n) is 43.9. The Kier molecular flexibility index (Phi) is 11.6. The Hall–Kier alpha value is -10.5. The van der Waals surface area contributed by atoms with E-state index in [9.17, 15) is 0 Å². The molecular weight excluding hydrogens is 965 g/mol. The first-order valence-corrected chi connectivity index (χ1v) is 27.5. The van der Waals surface area contributed by atoms with Gasteiger partial charge >= 0.3 is 0 Å². The van der Waals surface area contributed by atoms with Gasteiger partial charge in [0.1, 0.15) is 0 Å². The number of fused-ring (bicyclic) bond motifs is 6. The van der Waals surface area contributed by atoms with Crippen LogP contribution in [0, 0.1) is 0 Å². The fraction of sp³-hybridized carbons (Fsp3) is 0. The largest absolute Gasteiger partial charge is 0.309 e. The lowest BCUT2D eigenvalue weighted by Crippen LogP contribution is -1.97. The number of aromatic nitrogens is 2. The Bertz CT molecular complexity index is 4810. The fourth-order valence-electron chi connectivity index (χ4n) is 12.2. The minimum Gasteiger partial charge on any atom is -0.309 e. The maximum Gasteiger partial charge on any atom is 0.0541 e. The van der Waals surface area contributed by atoms with E-state index in [1.54, 1.807) is 0 Å². The van der Waals surface area contributed by atoms with Crippen molar-refractivity contribution >= 4 is 43.6 Å². The second kappa shape index (κ2) is 19.8. The average Bonchev–Trinajstić information content (AvgIpc) is 4.24. The second-order valence-electron chi connectivity index (χ2n) is 20.9. The minimum absolute atomic E-state index is 1.13. The molecule has 2 heteroatoms. The van der Waals surface area contributed by atoms with Gasteiger partial charge in [-0.2, -0.15) is 0 Å². The third-order valence-corrected chi connectivity index (χ3v) is 16.1. The van der Waals surface area contributed by atoms with Gasteiger partial charge < -0.3 is 9.13 Å². The molecule has 0 N–H and O–H groups in total. The molecule has 0 bridgehead atoms. The third-order valence-electron chi connectivity index (χ3n) is 16.1. The predicted molar refractivity (Wildman–Crippen MR) is 339 cm³/mol. The van der Waals surface area contributed by atoms with E-state index >= 15 is 0 Å². The van der Waals surface area contributed by atoms with Crippen LogP contribution in [0.15, 0.2) is 315 Å². The first-order chi connectivity index (χ1) is 39.6. The predicted octanol–water partition coefficient (Wildman–Crippen LogP) is 21.2. The van der Waals surface area contributed by atoms with Crippen molar-refractivity contribution in [2.75, 3.05) is 0 Å². The van der Waals surface area contributed by atoms with Gasteiger partial charge in [0.25, 0.3) is 0 Å². The lowest BCUT2D eigenvalue weighted by atomic mass is 9.94. The topological polar surface area (TPSA) is 9.86 Å². The molecule has 374 valence electrons. The summed E-state index contributed by atoms with van der Waals surface area (Å²) in [6.45, 7) is 0. The van der Waals surface area contributed by atoms with Crippen LogP contribution < -0.4 is 0 Å². The maximum absolute atomic E-state index is 2.43. The highest BCUT2D eigenvalue weighted by molar-refractivity contribution is 6.13. The molecule has 0 aliphatic heterocycles. The molecule has 15 rings (SSSR count). The summed E-state index contributed by atoms with van der Waals surface area (Å²) < 4.78 is 4.86. The molecule has 15 aromatic rings. The molecule has 2 nitrogen and oxygen atoms in total. The molecule has 0 unspecified atom stereocenters. The van der Waals surface area contributed by atoms with Crippen LogP contribution in [-0.2, 0) is 0 Å². The molecule has 0 aliphatic rings. The molecule has 0 spiro atoms. The number of hydrogen-bond donors (Lipinski definition) is 0. The quantitative estimate of drug-likeness (QED) is 0.129. The van der Waals surface area contributed by atoms with Gasteiger partial charge in [-0.1, -0.05) is 237 Å². The average molecular weight is 1020 g/mol. The Balaban J connectivity index is 0.719. The molecule has 0 atom stereocenters. The molecule has 2 heterocycles. The summed E-state index contributed by atoms with van der Waals surface area (Å²) in [6, 6.07) is 115. The number of benzene rings is 13. The van der Waals surface area contributed by atoms with Crippen molar-refractivity contribution < 1.29 is 0 Å². The van der Waals surface area contributed by atoms with Crippen LogP contribution in [0.2, 0.25) is 0 Å². The molecule has 0 radical (unpaired) electrons. The zero-order valence-corrected chi connectivity index (χ0v) is 43.9. The highest BCUT2D eigenvalue weighted by Gasteiger charge is 2.19. The summed E-state index contributed by atoms with van der Waals surface area (Å²) in [5.74, 6) is 0. The molecule has 2 aromatic heterocycles. The SMILES string of the molecule is c1ccc(-c2cccc(-c3cccc(-c4cccc(-c5ccc(-c6cccc(-c7cccc(-n8c9ccccc9c9cc(-c%10ccc%11c(c%10)c%10ccccc%10n%11-c%10ccccc%10-c%10ccccc%10)ccc98)c7)c6)cc5)c4)c3)c2)cc1. The lowest BCUT2D eigenvalue weighted by Gasteiger charge is -2.14. The van der Waals surface area contributed by atoms with Crippen molar-refractivity contribution in [3.8, 4) is 100 Å². The van der Waals surface area contributed by atoms with Crippen LogP contribution in [0.1, 0.15) is 0 Å². The van der Waals surface area contributed by atoms with Gasteiger partial charge in [0, 0.05) is 32.8 Å². The van der Waals surface area contributed by atoms with Crippen molar-refractivity contribution in [1.82, 2.24) is 9.13 Å². The zero-order chi connectivity index (χ0) is 52.9. The molecule has 0 saturated carbocycles. The van der Waals surface area contributed by atoms with E-state index in [-0.39, 0.29) is 0 Å². The van der Waals surface area contributed by atoms with E-state index in [1.165, 1.54) is 138 Å². The molecule has 0 fully saturated rings. The number of nitrogens with zero attached hydrogens (tertiary/aromatic N) is 2. The summed E-state index contributed by atoms with van der Waals surface area (Å²) in [5, 5.41) is 4.95. The number of hydrogen-bond acceptors (Lipinski definition) is 0. The van der Waals surface area contributed by atoms with E-state index in [1.807, 2.05) is 0 Å². The van der Waals surface area contributed by atoms with Gasteiger partial charge in [0.2, 0.25) is 0 Å². The number of para-hydroxylation sites is 3. The van der Waals surface area contributed by atoms with Crippen LogP contribution in [-0.4, -0.2) is 9.13 Å². The van der Waals surface area contributed by atoms with Crippen LogP contribution in [0.3, 0.4) is 0 Å². The standard InChI is InChI=1S/C78H52N2/c1-3-18-53(19-4-1)57-22-13-25-60(46-57)62-27-16-28-63(49-62)61-26-14-23-58(47-61)54-38-40-55(41-39-54)59-24-15-29-64(48-59)65-30-17-31-68(50-65)79-75-36-11-8-33-70(75)72-51-66(42-44-77(72)79)67-43-45-78-73(52-67)71-34-9-12-37-76(71)80(78)74-35-10-7-32-69(74)56-20-5-2-6-21-56/h1-52H. The van der Waals surface area contributed by atoms with Gasteiger partial charge in [0.15, 0.2) is 0 Å². The summed E-state index contributed by atoms with van der Waals surface area (Å²) in [5.41, 5.74) is 26.2. The fourth-order valence-corrected chi connectivity index (χ4v) is 12.2. The third kappa shape index (κ3) is 8.39. The summed E-state index contributed by atoms with van der Waals surface area (Å²) >= 11 is 0. The first-order valence-electron chi connectivity index (χ1n) is 27.5. The van der Waals surface area contributed by atoms with Crippen molar-refractivity contribution in [3.63, 3.8) is 0 Å². The molecule has 0 amide bonds. The number of rotatable bonds is 10. The summed E-state index contributed by atoms with van der Waals surface area (Å²) in [4.78, 5) is 0. The molecule has 0 aliphatic carbocycles. The highest BCUT2D eigenvalue weighted by atomic mass is 15.0. The molecule has 0 saturated heterocycles. The van der Waals surface area contributed by atoms with Crippen molar-refractivity contribution in [2.45, 2.75) is 0 Å². The maximum atomic E-state index is 2.43. The highest BCUT2D eigenvalue weighted by Crippen LogP contribution is 2.41. The van der Waals surface area contributed by atoms with Crippen LogP contribution in [0.5, 0.6) is 0 Å². The Morgan fingerprint density at radius 1 is 0.163 bits per heavy atom. The van der Waals surface area contributed by atoms with Crippen molar-refractivity contribution in [1.29, 1.82) is 0 Å². The van der Waals surface area contributed by atoms with Gasteiger partial charge in [0.05, 0.1) is 27.8 Å². The molecule has 13 aromatic carbocycles. The Morgan fingerprint density at radius 2 is 0.475 bits per heavy atom. The van der Waals surface area contributed by atoms with E-state index in [0.29, 0.717) is 0 Å². The van der Waals surface area contributed by atoms with Gasteiger partial charge in [-0.15, -0.1) is 0 Å². The second-order valence-corrected chi connectivity index (χ2v) is 20.9. The Morgan fingerprint density at radius 3 is 0.975 bits per heavy atom. The van der Waals surface area contributed by atoms with E-state index in [4.69, 9.17) is 0 Å². The Labute approximate surface area is 466 Å². The van der Waals surface area contributed by atoms with Crippen LogP contribution >= 0.6 is 0 Å². The van der Waals surface area contributed by atoms with Crippen molar-refractivity contribution in [3.05, 3.63) is 315 Å². The van der Waals surface area contributed by atoms with Gasteiger partial charge in [-0.3, -0.25) is 0 Å². The normalized spacial score (nSPS) is 11.5. The summed E-state index contributed by atoms with van der Waals surface area (Å²) in [6.07, 6.45) is 0. The van der Waals surface area contributed by atoms with Gasteiger partial charge in [-0.05, 0) is 162 Å². The van der Waals surface area contributed by atoms with Gasteiger partial charge in [-0.25, -0.2) is 0 Å². The smallest absolute Gasteiger partial charge is 0.0541 e. The molecular formula is C78H52N2. The molecule has 80 heavy (non-hydrogen) atoms. The van der Waals surface area contributed by atoms with Crippen LogP contribution in [0.4, 0.5) is 0 Å². The lowest BCUT2D eigenvalue weighted by molar-refractivity contribution is 1.18. The van der Waals surface area contributed by atoms with E-state index < -0.39 is 0 Å². The van der Waals surface area contributed by atoms with Crippen molar-refractivity contribution in [2.24, 2.45) is 0 Å².